The van der Waals surface area contributed by atoms with E-state index in [-0.39, 0.29) is 16.8 Å². The number of ether oxygens (including phenoxy) is 1. The third kappa shape index (κ3) is 1.14. The fourth-order valence-electron chi connectivity index (χ4n) is 8.63. The maximum Gasteiger partial charge on any atom is 0.312 e. The summed E-state index contributed by atoms with van der Waals surface area (Å²) >= 11 is 0. The molecule has 0 radical (unpaired) electrons. The average molecular weight is 391 g/mol. The number of methoxy groups -OCH3 is 1. The molecule has 6 saturated carbocycles. The van der Waals surface area contributed by atoms with Crippen LogP contribution in [0.5, 0.6) is 0 Å². The van der Waals surface area contributed by atoms with Gasteiger partial charge in [-0.2, -0.15) is 4.98 Å². The summed E-state index contributed by atoms with van der Waals surface area (Å²) in [6, 6.07) is 6.53. The summed E-state index contributed by atoms with van der Waals surface area (Å²) in [4.78, 5) is 17.1. The molecule has 29 heavy (non-hydrogen) atoms. The van der Waals surface area contributed by atoms with Crippen LogP contribution in [-0.2, 0) is 14.9 Å². The molecule has 1 aromatic heterocycles. The minimum Gasteiger partial charge on any atom is -0.469 e. The predicted molar refractivity (Wildman–Crippen MR) is 101 cm³/mol. The van der Waals surface area contributed by atoms with Crippen LogP contribution >= 0.6 is 0 Å². The third-order valence-corrected chi connectivity index (χ3v) is 9.31. The highest BCUT2D eigenvalue weighted by Crippen LogP contribution is 3.09. The number of nitrogens with zero attached hydrogens (tertiary/aromatic N) is 3. The van der Waals surface area contributed by atoms with Gasteiger partial charge < -0.3 is 14.7 Å². The van der Waals surface area contributed by atoms with Crippen LogP contribution in [0.15, 0.2) is 22.7 Å². The second kappa shape index (κ2) is 4.14. The quantitative estimate of drug-likeness (QED) is 0.764. The molecule has 2 heterocycles. The van der Waals surface area contributed by atoms with Crippen LogP contribution in [0, 0.1) is 40.9 Å². The lowest BCUT2D eigenvalue weighted by atomic mass is 8.92. The minimum atomic E-state index is -0.125. The highest BCUT2D eigenvalue weighted by Gasteiger charge is 3.13. The molecule has 0 spiro atoms. The Labute approximate surface area is 166 Å². The molecule has 0 bridgehead atoms. The molecule has 148 valence electrons. The van der Waals surface area contributed by atoms with E-state index in [2.05, 4.69) is 47.1 Å². The summed E-state index contributed by atoms with van der Waals surface area (Å²) in [7, 11) is 1.52. The van der Waals surface area contributed by atoms with E-state index in [0.29, 0.717) is 47.4 Å². The van der Waals surface area contributed by atoms with Crippen molar-refractivity contribution in [1.82, 2.24) is 15.7 Å². The molecule has 1 aromatic carbocycles. The van der Waals surface area contributed by atoms with Crippen LogP contribution < -0.4 is 16.0 Å². The molecule has 0 atom stereocenters. The van der Waals surface area contributed by atoms with Gasteiger partial charge in [-0.05, 0) is 67.6 Å². The Hall–Kier alpha value is -2.61. The molecule has 0 unspecified atom stereocenters. The second-order valence-corrected chi connectivity index (χ2v) is 9.87. The van der Waals surface area contributed by atoms with E-state index >= 15 is 0 Å². The number of carbonyl (C=O) groups excluding carboxylic acids is 1. The van der Waals surface area contributed by atoms with Gasteiger partial charge in [-0.15, -0.1) is 5.53 Å². The monoisotopic (exact) mass is 391 g/mol. The van der Waals surface area contributed by atoms with Gasteiger partial charge in [0.2, 0.25) is 11.7 Å². The zero-order chi connectivity index (χ0) is 19.4. The van der Waals surface area contributed by atoms with Crippen molar-refractivity contribution in [2.75, 3.05) is 17.5 Å². The van der Waals surface area contributed by atoms with Crippen LogP contribution in [0.4, 0.5) is 11.4 Å². The summed E-state index contributed by atoms with van der Waals surface area (Å²) in [6.07, 6.45) is 0. The van der Waals surface area contributed by atoms with Crippen molar-refractivity contribution in [2.24, 2.45) is 40.9 Å². The predicted octanol–water partition coefficient (Wildman–Crippen LogP) is 1.96. The standard InChI is InChI=1S/C21H21N5O3/c1-7(2)26-10-5-4-8(6-9(10)23-25-26)17-22-18(29-24-17)20-11-14-12(20)16-13(20)15(11)21(14,16)19(27)28-3/h4-7,11-16,23,25H,1-3H3. The van der Waals surface area contributed by atoms with Crippen molar-refractivity contribution in [3.05, 3.63) is 24.1 Å². The van der Waals surface area contributed by atoms with Gasteiger partial charge in [0.15, 0.2) is 0 Å². The topological polar surface area (TPSA) is 92.5 Å². The van der Waals surface area contributed by atoms with Crippen LogP contribution in [0.2, 0.25) is 0 Å². The SMILES string of the molecule is COC(=O)C12C3C4C1C1C2C3C41c1nc(-c2ccc3c(c2)NNN3C(C)C)no1. The van der Waals surface area contributed by atoms with Gasteiger partial charge in [-0.3, -0.25) is 9.80 Å². The molecule has 2 N–H and O–H groups in total. The Bertz CT molecular complexity index is 1090. The van der Waals surface area contributed by atoms with Gasteiger partial charge in [-0.25, -0.2) is 0 Å². The number of anilines is 2. The van der Waals surface area contributed by atoms with Gasteiger partial charge in [-0.1, -0.05) is 5.16 Å². The maximum atomic E-state index is 12.3. The zero-order valence-electron chi connectivity index (χ0n) is 16.3. The number of carbonyl (C=O) groups is 1. The Balaban J connectivity index is 1.10. The maximum absolute atomic E-state index is 12.3. The largest absolute Gasteiger partial charge is 0.469 e. The second-order valence-electron chi connectivity index (χ2n) is 9.87. The number of hydrogen-bond acceptors (Lipinski definition) is 8. The van der Waals surface area contributed by atoms with Crippen LogP contribution in [0.1, 0.15) is 19.7 Å². The van der Waals surface area contributed by atoms with E-state index in [0.717, 1.165) is 22.8 Å². The fraction of sp³-hybridized carbons (Fsp3) is 0.571. The molecule has 6 fully saturated rings. The zero-order valence-corrected chi connectivity index (χ0v) is 16.3. The van der Waals surface area contributed by atoms with E-state index < -0.39 is 0 Å². The lowest BCUT2D eigenvalue weighted by molar-refractivity contribution is -0.616. The molecular weight excluding hydrogens is 370 g/mol. The minimum absolute atomic E-state index is 0.0236. The summed E-state index contributed by atoms with van der Waals surface area (Å²) in [5.41, 5.74) is 9.42. The van der Waals surface area contributed by atoms with Gasteiger partial charge in [0.1, 0.15) is 0 Å². The van der Waals surface area contributed by atoms with Crippen molar-refractivity contribution < 1.29 is 14.1 Å². The van der Waals surface area contributed by atoms with Crippen molar-refractivity contribution in [2.45, 2.75) is 25.3 Å². The highest BCUT2D eigenvalue weighted by atomic mass is 16.5. The molecule has 0 saturated heterocycles. The fourth-order valence-corrected chi connectivity index (χ4v) is 8.63. The molecule has 8 nitrogen and oxygen atoms in total. The molecule has 0 amide bonds. The van der Waals surface area contributed by atoms with Crippen molar-refractivity contribution in [1.29, 1.82) is 0 Å². The average Bonchev–Trinajstić information content (AvgIpc) is 3.39. The molecule has 2 aromatic rings. The summed E-state index contributed by atoms with van der Waals surface area (Å²) in [5, 5.41) is 6.40. The number of fused-ring (bicyclic) bond motifs is 1. The summed E-state index contributed by atoms with van der Waals surface area (Å²) in [5.74, 6) is 4.64. The lowest BCUT2D eigenvalue weighted by Gasteiger charge is -3.09. The Morgan fingerprint density at radius 2 is 1.93 bits per heavy atom. The first-order chi connectivity index (χ1) is 14.1. The first kappa shape index (κ1) is 15.3. The molecule has 1 aliphatic heterocycles. The van der Waals surface area contributed by atoms with Crippen LogP contribution in [0.25, 0.3) is 11.4 Å². The third-order valence-electron chi connectivity index (χ3n) is 9.31. The number of rotatable bonds is 4. The molecular formula is C21H21N5O3. The normalized spacial score (nSPS) is 45.2. The Morgan fingerprint density at radius 1 is 1.21 bits per heavy atom. The van der Waals surface area contributed by atoms with E-state index in [1.807, 2.05) is 6.07 Å². The van der Waals surface area contributed by atoms with Crippen LogP contribution in [-0.4, -0.2) is 29.3 Å². The van der Waals surface area contributed by atoms with Crippen molar-refractivity contribution in [3.63, 3.8) is 0 Å². The molecule has 9 rings (SSSR count). The first-order valence-electron chi connectivity index (χ1n) is 10.5. The number of hydrogen-bond donors (Lipinski definition) is 2. The highest BCUT2D eigenvalue weighted by molar-refractivity contribution is 5.89. The summed E-state index contributed by atoms with van der Waals surface area (Å²) < 4.78 is 10.9. The number of benzene rings is 1. The van der Waals surface area contributed by atoms with Crippen molar-refractivity contribution >= 4 is 17.3 Å². The number of aromatic nitrogens is 2. The van der Waals surface area contributed by atoms with Crippen molar-refractivity contribution in [3.8, 4) is 11.4 Å². The molecule has 7 aliphatic rings. The number of esters is 1. The van der Waals surface area contributed by atoms with Gasteiger partial charge in [0.05, 0.1) is 29.3 Å². The van der Waals surface area contributed by atoms with Crippen LogP contribution in [0.3, 0.4) is 0 Å². The van der Waals surface area contributed by atoms with Gasteiger partial charge in [0, 0.05) is 11.6 Å². The first-order valence-corrected chi connectivity index (χ1v) is 10.5. The lowest BCUT2D eigenvalue weighted by Crippen LogP contribution is -3.12. The molecule has 6 aliphatic carbocycles. The summed E-state index contributed by atoms with van der Waals surface area (Å²) in [6.45, 7) is 4.27. The smallest absolute Gasteiger partial charge is 0.312 e. The molecule has 8 heteroatoms. The Kier molecular flexibility index (Phi) is 2.18. The number of nitrogens with one attached hydrogen (secondary N) is 2. The van der Waals surface area contributed by atoms with E-state index in [1.54, 1.807) is 0 Å². The number of hydrazine groups is 2. The van der Waals surface area contributed by atoms with E-state index in [1.165, 1.54) is 7.11 Å². The van der Waals surface area contributed by atoms with Gasteiger partial charge >= 0.3 is 5.97 Å². The van der Waals surface area contributed by atoms with E-state index in [9.17, 15) is 4.79 Å². The van der Waals surface area contributed by atoms with E-state index in [4.69, 9.17) is 14.2 Å². The Morgan fingerprint density at radius 3 is 2.59 bits per heavy atom. The van der Waals surface area contributed by atoms with Gasteiger partial charge in [0.25, 0.3) is 0 Å².